The van der Waals surface area contributed by atoms with Gasteiger partial charge in [0.05, 0.1) is 6.42 Å². The summed E-state index contributed by atoms with van der Waals surface area (Å²) in [5, 5.41) is 3.07. The van der Waals surface area contributed by atoms with E-state index in [0.717, 1.165) is 35.2 Å². The molecule has 2 heterocycles. The molecular weight excluding hydrogens is 354 g/mol. The van der Waals surface area contributed by atoms with Crippen molar-refractivity contribution in [3.05, 3.63) is 58.7 Å². The zero-order chi connectivity index (χ0) is 16.1. The highest BCUT2D eigenvalue weighted by atomic mass is 79.9. The second-order valence-corrected chi connectivity index (χ2v) is 6.70. The van der Waals surface area contributed by atoms with E-state index in [9.17, 15) is 4.79 Å². The molecule has 0 saturated carbocycles. The third-order valence-electron chi connectivity index (χ3n) is 4.13. The van der Waals surface area contributed by atoms with Crippen molar-refractivity contribution >= 4 is 27.7 Å². The third kappa shape index (κ3) is 4.32. The molecule has 3 rings (SSSR count). The number of hydrogen-bond acceptors (Lipinski definition) is 3. The van der Waals surface area contributed by atoms with Gasteiger partial charge in [-0.3, -0.25) is 4.79 Å². The van der Waals surface area contributed by atoms with Crippen LogP contribution in [0.25, 0.3) is 0 Å². The van der Waals surface area contributed by atoms with Crippen LogP contribution in [0, 0.1) is 0 Å². The highest BCUT2D eigenvalue weighted by Gasteiger charge is 2.25. The first-order valence-corrected chi connectivity index (χ1v) is 8.70. The number of nitrogens with zero attached hydrogens (tertiary/aromatic N) is 2. The second kappa shape index (κ2) is 7.59. The lowest BCUT2D eigenvalue weighted by atomic mass is 10.1. The first kappa shape index (κ1) is 16.0. The van der Waals surface area contributed by atoms with Crippen LogP contribution in [-0.4, -0.2) is 30.0 Å². The summed E-state index contributed by atoms with van der Waals surface area (Å²) >= 11 is 3.40. The minimum atomic E-state index is 0.0696. The first-order chi connectivity index (χ1) is 11.2. The number of carbonyl (C=O) groups is 1. The Morgan fingerprint density at radius 2 is 2.09 bits per heavy atom. The van der Waals surface area contributed by atoms with Gasteiger partial charge < -0.3 is 10.2 Å². The molecule has 0 radical (unpaired) electrons. The van der Waals surface area contributed by atoms with E-state index in [1.807, 2.05) is 48.7 Å². The number of hydrogen-bond donors (Lipinski definition) is 1. The lowest BCUT2D eigenvalue weighted by Crippen LogP contribution is -2.41. The maximum absolute atomic E-state index is 12.1. The molecule has 1 fully saturated rings. The van der Waals surface area contributed by atoms with Gasteiger partial charge in [0.1, 0.15) is 5.82 Å². The monoisotopic (exact) mass is 373 g/mol. The van der Waals surface area contributed by atoms with Crippen LogP contribution in [0.1, 0.15) is 18.4 Å². The Bertz CT molecular complexity index is 645. The van der Waals surface area contributed by atoms with Crippen molar-refractivity contribution in [2.45, 2.75) is 25.3 Å². The molecule has 1 aliphatic heterocycles. The Hall–Kier alpha value is -1.88. The van der Waals surface area contributed by atoms with E-state index in [1.54, 1.807) is 0 Å². The molecule has 1 aliphatic rings. The molecule has 1 N–H and O–H groups in total. The molecule has 1 atom stereocenters. The molecule has 1 amide bonds. The van der Waals surface area contributed by atoms with Crippen molar-refractivity contribution in [1.29, 1.82) is 0 Å². The fourth-order valence-corrected chi connectivity index (χ4v) is 3.22. The van der Waals surface area contributed by atoms with Crippen molar-refractivity contribution in [2.75, 3.05) is 18.0 Å². The molecule has 2 aromatic rings. The summed E-state index contributed by atoms with van der Waals surface area (Å²) in [6.07, 6.45) is 4.47. The SMILES string of the molecule is O=C(Cc1ccc(Br)cc1)NC[C@H]1CCCN1c1ccccn1. The van der Waals surface area contributed by atoms with E-state index in [0.29, 0.717) is 19.0 Å². The number of anilines is 1. The standard InChI is InChI=1S/C18H20BrN3O/c19-15-8-6-14(7-9-15)12-18(23)21-13-16-4-3-11-22(16)17-5-1-2-10-20-17/h1-2,5-10,16H,3-4,11-13H2,(H,21,23)/t16-/m1/s1. The van der Waals surface area contributed by atoms with Gasteiger partial charge in [-0.15, -0.1) is 0 Å². The maximum atomic E-state index is 12.1. The molecule has 23 heavy (non-hydrogen) atoms. The lowest BCUT2D eigenvalue weighted by Gasteiger charge is -2.25. The summed E-state index contributed by atoms with van der Waals surface area (Å²) in [5.41, 5.74) is 1.03. The highest BCUT2D eigenvalue weighted by molar-refractivity contribution is 9.10. The molecule has 5 heteroatoms. The molecule has 120 valence electrons. The van der Waals surface area contributed by atoms with E-state index < -0.39 is 0 Å². The minimum Gasteiger partial charge on any atom is -0.354 e. The van der Waals surface area contributed by atoms with Crippen LogP contribution in [0.4, 0.5) is 5.82 Å². The van der Waals surface area contributed by atoms with Gasteiger partial charge >= 0.3 is 0 Å². The second-order valence-electron chi connectivity index (χ2n) is 5.78. The third-order valence-corrected chi connectivity index (χ3v) is 4.66. The van der Waals surface area contributed by atoms with Gasteiger partial charge in [-0.1, -0.05) is 34.1 Å². The number of amides is 1. The number of rotatable bonds is 5. The van der Waals surface area contributed by atoms with Crippen molar-refractivity contribution < 1.29 is 4.79 Å². The minimum absolute atomic E-state index is 0.0696. The fourth-order valence-electron chi connectivity index (χ4n) is 2.95. The van der Waals surface area contributed by atoms with Crippen LogP contribution in [0.15, 0.2) is 53.1 Å². The predicted octanol–water partition coefficient (Wildman–Crippen LogP) is 3.17. The Morgan fingerprint density at radius 1 is 1.26 bits per heavy atom. The summed E-state index contributed by atoms with van der Waals surface area (Å²) in [5.74, 6) is 1.07. The van der Waals surface area contributed by atoms with Crippen molar-refractivity contribution in [1.82, 2.24) is 10.3 Å². The summed E-state index contributed by atoms with van der Waals surface area (Å²) in [6.45, 7) is 1.68. The van der Waals surface area contributed by atoms with Gasteiger partial charge in [0.25, 0.3) is 0 Å². The fraction of sp³-hybridized carbons (Fsp3) is 0.333. The van der Waals surface area contributed by atoms with Crippen LogP contribution in [0.3, 0.4) is 0 Å². The summed E-state index contributed by atoms with van der Waals surface area (Å²) in [7, 11) is 0. The van der Waals surface area contributed by atoms with Gasteiger partial charge in [0, 0.05) is 29.8 Å². The van der Waals surface area contributed by atoms with Crippen molar-refractivity contribution in [3.63, 3.8) is 0 Å². The molecule has 1 saturated heterocycles. The largest absolute Gasteiger partial charge is 0.354 e. The zero-order valence-electron chi connectivity index (χ0n) is 12.9. The lowest BCUT2D eigenvalue weighted by molar-refractivity contribution is -0.120. The van der Waals surface area contributed by atoms with Crippen LogP contribution in [0.2, 0.25) is 0 Å². The van der Waals surface area contributed by atoms with E-state index in [4.69, 9.17) is 0 Å². The molecule has 0 bridgehead atoms. The molecular formula is C18H20BrN3O. The number of aromatic nitrogens is 1. The number of benzene rings is 1. The average Bonchev–Trinajstić information content (AvgIpc) is 3.04. The first-order valence-electron chi connectivity index (χ1n) is 7.91. The van der Waals surface area contributed by atoms with Crippen LogP contribution >= 0.6 is 15.9 Å². The Labute approximate surface area is 145 Å². The molecule has 0 aliphatic carbocycles. The number of nitrogens with one attached hydrogen (secondary N) is 1. The van der Waals surface area contributed by atoms with Gasteiger partial charge in [-0.2, -0.15) is 0 Å². The average molecular weight is 374 g/mol. The summed E-state index contributed by atoms with van der Waals surface area (Å²) in [6, 6.07) is 14.2. The summed E-state index contributed by atoms with van der Waals surface area (Å²) in [4.78, 5) is 18.9. The van der Waals surface area contributed by atoms with Crippen LogP contribution < -0.4 is 10.2 Å². The number of pyridine rings is 1. The smallest absolute Gasteiger partial charge is 0.224 e. The van der Waals surface area contributed by atoms with Gasteiger partial charge in [0.15, 0.2) is 0 Å². The maximum Gasteiger partial charge on any atom is 0.224 e. The van der Waals surface area contributed by atoms with Crippen LogP contribution in [0.5, 0.6) is 0 Å². The molecule has 0 spiro atoms. The number of halogens is 1. The molecule has 0 unspecified atom stereocenters. The Balaban J connectivity index is 1.53. The van der Waals surface area contributed by atoms with Crippen LogP contribution in [-0.2, 0) is 11.2 Å². The van der Waals surface area contributed by atoms with Gasteiger partial charge in [-0.25, -0.2) is 4.98 Å². The Kier molecular flexibility index (Phi) is 5.28. The van der Waals surface area contributed by atoms with E-state index >= 15 is 0 Å². The molecule has 4 nitrogen and oxygen atoms in total. The predicted molar refractivity (Wildman–Crippen MR) is 95.5 cm³/mol. The van der Waals surface area contributed by atoms with Gasteiger partial charge in [0.2, 0.25) is 5.91 Å². The van der Waals surface area contributed by atoms with Gasteiger partial charge in [-0.05, 0) is 42.7 Å². The molecule has 1 aromatic heterocycles. The zero-order valence-corrected chi connectivity index (χ0v) is 14.5. The molecule has 1 aromatic carbocycles. The normalized spacial score (nSPS) is 17.3. The number of carbonyl (C=O) groups excluding carboxylic acids is 1. The van der Waals surface area contributed by atoms with Crippen molar-refractivity contribution in [3.8, 4) is 0 Å². The quantitative estimate of drug-likeness (QED) is 0.875. The highest BCUT2D eigenvalue weighted by Crippen LogP contribution is 2.22. The van der Waals surface area contributed by atoms with Crippen molar-refractivity contribution in [2.24, 2.45) is 0 Å². The van der Waals surface area contributed by atoms with E-state index in [-0.39, 0.29) is 5.91 Å². The van der Waals surface area contributed by atoms with E-state index in [2.05, 4.69) is 31.1 Å². The topological polar surface area (TPSA) is 45.2 Å². The van der Waals surface area contributed by atoms with E-state index in [1.165, 1.54) is 0 Å². The Morgan fingerprint density at radius 3 is 2.83 bits per heavy atom. The summed E-state index contributed by atoms with van der Waals surface area (Å²) < 4.78 is 1.03.